The lowest BCUT2D eigenvalue weighted by Crippen LogP contribution is -2.37. The number of nitrogens with one attached hydrogen (secondary N) is 2. The van der Waals surface area contributed by atoms with Crippen molar-refractivity contribution >= 4 is 34.5 Å². The molecule has 11 nitrogen and oxygen atoms in total. The molecule has 5 aromatic rings. The minimum Gasteiger partial charge on any atom is -0.497 e. The van der Waals surface area contributed by atoms with Crippen LogP contribution in [-0.4, -0.2) is 77.1 Å². The van der Waals surface area contributed by atoms with Crippen LogP contribution in [0.3, 0.4) is 0 Å². The predicted molar refractivity (Wildman–Crippen MR) is 185 cm³/mol. The molecular formula is C35H36N8O3S. The number of thiophene rings is 1. The highest BCUT2D eigenvalue weighted by Gasteiger charge is 2.22. The number of hydrogen-bond donors (Lipinski definition) is 2. The number of carbonyl (C=O) groups is 1. The molecule has 0 aliphatic carbocycles. The number of hydrazine groups is 1. The number of amides is 1. The molecular weight excluding hydrogens is 613 g/mol. The summed E-state index contributed by atoms with van der Waals surface area (Å²) < 4.78 is 12.9. The van der Waals surface area contributed by atoms with Gasteiger partial charge < -0.3 is 14.4 Å². The maximum absolute atomic E-state index is 13.1. The topological polar surface area (TPSA) is 110 Å². The Hall–Kier alpha value is -5.04. The fourth-order valence-electron chi connectivity index (χ4n) is 5.68. The van der Waals surface area contributed by atoms with Gasteiger partial charge in [-0.3, -0.25) is 20.5 Å². The summed E-state index contributed by atoms with van der Waals surface area (Å²) >= 11 is 1.71. The van der Waals surface area contributed by atoms with Gasteiger partial charge in [-0.05, 0) is 60.8 Å². The van der Waals surface area contributed by atoms with Crippen LogP contribution in [0.15, 0.2) is 85.1 Å². The van der Waals surface area contributed by atoms with E-state index >= 15 is 0 Å². The van der Waals surface area contributed by atoms with Crippen LogP contribution in [0, 0.1) is 0 Å². The van der Waals surface area contributed by atoms with Gasteiger partial charge in [0.1, 0.15) is 11.4 Å². The predicted octanol–water partition coefficient (Wildman–Crippen LogP) is 5.27. The highest BCUT2D eigenvalue weighted by molar-refractivity contribution is 7.13. The smallest absolute Gasteiger partial charge is 0.269 e. The quantitative estimate of drug-likeness (QED) is 0.146. The third-order valence-corrected chi connectivity index (χ3v) is 9.32. The minimum atomic E-state index is -0.387. The van der Waals surface area contributed by atoms with Crippen molar-refractivity contribution < 1.29 is 14.3 Å². The van der Waals surface area contributed by atoms with Crippen molar-refractivity contribution in [1.29, 1.82) is 0 Å². The lowest BCUT2D eigenvalue weighted by molar-refractivity contribution is -0.115. The van der Waals surface area contributed by atoms with Crippen molar-refractivity contribution in [1.82, 2.24) is 30.1 Å². The van der Waals surface area contributed by atoms with Gasteiger partial charge in [0.15, 0.2) is 0 Å². The summed E-state index contributed by atoms with van der Waals surface area (Å²) in [5.41, 5.74) is 12.5. The van der Waals surface area contributed by atoms with Crippen molar-refractivity contribution in [2.24, 2.45) is 0 Å². The molecule has 47 heavy (non-hydrogen) atoms. The highest BCUT2D eigenvalue weighted by Crippen LogP contribution is 2.32. The Labute approximate surface area is 277 Å². The van der Waals surface area contributed by atoms with Crippen LogP contribution in [0.25, 0.3) is 33.0 Å². The molecule has 12 heteroatoms. The van der Waals surface area contributed by atoms with Gasteiger partial charge in [-0.15, -0.1) is 11.3 Å². The van der Waals surface area contributed by atoms with E-state index in [1.165, 1.54) is 16.9 Å². The van der Waals surface area contributed by atoms with Crippen molar-refractivity contribution in [3.63, 3.8) is 0 Å². The summed E-state index contributed by atoms with van der Waals surface area (Å²) in [6.45, 7) is 9.94. The first kappa shape index (κ1) is 30.6. The average molecular weight is 649 g/mol. The van der Waals surface area contributed by atoms with E-state index in [0.29, 0.717) is 24.5 Å². The second kappa shape index (κ2) is 13.8. The summed E-state index contributed by atoms with van der Waals surface area (Å²) in [7, 11) is 1.62. The van der Waals surface area contributed by atoms with E-state index in [1.54, 1.807) is 30.8 Å². The molecule has 2 fully saturated rings. The molecule has 0 bridgehead atoms. The average Bonchev–Trinajstić information content (AvgIpc) is 3.80. The number of methoxy groups -OCH3 is 1. The Bertz CT molecular complexity index is 1840. The van der Waals surface area contributed by atoms with Gasteiger partial charge in [0.25, 0.3) is 5.91 Å². The third kappa shape index (κ3) is 6.75. The van der Waals surface area contributed by atoms with Crippen molar-refractivity contribution in [2.75, 3.05) is 56.8 Å². The van der Waals surface area contributed by atoms with Crippen LogP contribution in [0.2, 0.25) is 0 Å². The number of ether oxygens (including phenoxy) is 2. The normalized spacial score (nSPS) is 14.8. The summed E-state index contributed by atoms with van der Waals surface area (Å²) in [4.78, 5) is 27.7. The number of anilines is 2. The molecule has 2 saturated heterocycles. The van der Waals surface area contributed by atoms with Crippen LogP contribution < -0.4 is 20.5 Å². The monoisotopic (exact) mass is 648 g/mol. The van der Waals surface area contributed by atoms with Crippen molar-refractivity contribution in [2.45, 2.75) is 13.0 Å². The van der Waals surface area contributed by atoms with E-state index in [9.17, 15) is 4.79 Å². The zero-order valence-corrected chi connectivity index (χ0v) is 27.0. The van der Waals surface area contributed by atoms with E-state index in [2.05, 4.69) is 73.0 Å². The van der Waals surface area contributed by atoms with Gasteiger partial charge in [0, 0.05) is 72.2 Å². The third-order valence-electron chi connectivity index (χ3n) is 8.45. The van der Waals surface area contributed by atoms with E-state index in [1.807, 2.05) is 35.0 Å². The van der Waals surface area contributed by atoms with Gasteiger partial charge in [-0.1, -0.05) is 24.8 Å². The van der Waals surface area contributed by atoms with Crippen LogP contribution in [0.5, 0.6) is 5.75 Å². The first-order valence-electron chi connectivity index (χ1n) is 15.6. The molecule has 2 aromatic carbocycles. The minimum absolute atomic E-state index is 0.266. The summed E-state index contributed by atoms with van der Waals surface area (Å²) in [6, 6.07) is 18.0. The van der Waals surface area contributed by atoms with Crippen molar-refractivity contribution in [3.05, 3.63) is 96.3 Å². The number of hydrogen-bond acceptors (Lipinski definition) is 10. The molecule has 0 unspecified atom stereocenters. The fraction of sp³-hybridized carbons (Fsp3) is 0.257. The molecule has 0 atom stereocenters. The van der Waals surface area contributed by atoms with Crippen LogP contribution >= 0.6 is 11.3 Å². The first-order chi connectivity index (χ1) is 23.1. The zero-order valence-electron chi connectivity index (χ0n) is 26.2. The lowest BCUT2D eigenvalue weighted by Gasteiger charge is -2.31. The summed E-state index contributed by atoms with van der Waals surface area (Å²) in [5.74, 6) is 0.588. The number of aromatic nitrogens is 4. The highest BCUT2D eigenvalue weighted by atomic mass is 32.1. The zero-order chi connectivity index (χ0) is 32.2. The molecule has 2 aliphatic rings. The largest absolute Gasteiger partial charge is 0.497 e. The Balaban J connectivity index is 0.999. The lowest BCUT2D eigenvalue weighted by atomic mass is 10.0. The van der Waals surface area contributed by atoms with E-state index in [-0.39, 0.29) is 11.9 Å². The van der Waals surface area contributed by atoms with Gasteiger partial charge >= 0.3 is 0 Å². The number of morpholine rings is 1. The maximum Gasteiger partial charge on any atom is 0.269 e. The standard InChI is InChI=1S/C35H36N8O3S/c1-24(30-11-10-29(45-2)19-31(30)42-14-16-46-17-15-42)34(44)38-39-35-36-20-26(21-37-35)25-6-8-28(9-7-25)43-23-27(22-41-12-4-13-41)33(40-43)32-5-3-18-47-32/h3,5-11,18-21,23H,1,4,12-17,22H2,2H3,(H,38,44)(H,36,37,39). The molecule has 7 rings (SSSR count). The molecule has 1 amide bonds. The van der Waals surface area contributed by atoms with E-state index in [0.717, 1.165) is 66.5 Å². The number of carbonyl (C=O) groups excluding carboxylic acids is 1. The second-order valence-corrected chi connectivity index (χ2v) is 12.4. The molecule has 5 heterocycles. The summed E-state index contributed by atoms with van der Waals surface area (Å²) in [5, 5.41) is 7.06. The van der Waals surface area contributed by atoms with Crippen LogP contribution in [0.4, 0.5) is 11.6 Å². The molecule has 2 aliphatic heterocycles. The molecule has 2 N–H and O–H groups in total. The summed E-state index contributed by atoms with van der Waals surface area (Å²) in [6.07, 6.45) is 6.85. The molecule has 0 radical (unpaired) electrons. The number of benzene rings is 2. The molecule has 3 aromatic heterocycles. The van der Waals surface area contributed by atoms with Gasteiger partial charge in [0.2, 0.25) is 5.95 Å². The van der Waals surface area contributed by atoms with Gasteiger partial charge in [-0.25, -0.2) is 14.6 Å². The van der Waals surface area contributed by atoms with Gasteiger partial charge in [-0.2, -0.15) is 5.10 Å². The molecule has 240 valence electrons. The Morgan fingerprint density at radius 1 is 1.02 bits per heavy atom. The first-order valence-corrected chi connectivity index (χ1v) is 16.5. The number of likely N-dealkylation sites (tertiary alicyclic amines) is 1. The molecule has 0 saturated carbocycles. The van der Waals surface area contributed by atoms with E-state index < -0.39 is 0 Å². The van der Waals surface area contributed by atoms with E-state index in [4.69, 9.17) is 14.6 Å². The van der Waals surface area contributed by atoms with Crippen LogP contribution in [-0.2, 0) is 16.1 Å². The SMILES string of the molecule is C=C(C(=O)NNc1ncc(-c2ccc(-n3cc(CN4CCC4)c(-c4cccs4)n3)cc2)cn1)c1ccc(OC)cc1N1CCOCC1. The molecule has 0 spiro atoms. The Kier molecular flexibility index (Phi) is 8.96. The Morgan fingerprint density at radius 3 is 2.49 bits per heavy atom. The Morgan fingerprint density at radius 2 is 1.81 bits per heavy atom. The maximum atomic E-state index is 13.1. The number of nitrogens with zero attached hydrogens (tertiary/aromatic N) is 6. The number of rotatable bonds is 11. The van der Waals surface area contributed by atoms with Crippen molar-refractivity contribution in [3.8, 4) is 33.1 Å². The van der Waals surface area contributed by atoms with Crippen LogP contribution in [0.1, 0.15) is 17.5 Å². The second-order valence-electron chi connectivity index (χ2n) is 11.4. The fourth-order valence-corrected chi connectivity index (χ4v) is 6.42. The van der Waals surface area contributed by atoms with Gasteiger partial charge in [0.05, 0.1) is 30.9 Å².